The average Bonchev–Trinajstić information content (AvgIpc) is 2.86. The minimum Gasteiger partial charge on any atom is -0.339 e. The lowest BCUT2D eigenvalue weighted by atomic mass is 10.0. The fourth-order valence-electron chi connectivity index (χ4n) is 2.07. The van der Waals surface area contributed by atoms with E-state index in [9.17, 15) is 0 Å². The first-order valence-electron chi connectivity index (χ1n) is 6.90. The van der Waals surface area contributed by atoms with Crippen molar-refractivity contribution in [1.82, 2.24) is 15.5 Å². The zero-order valence-corrected chi connectivity index (χ0v) is 13.6. The van der Waals surface area contributed by atoms with E-state index >= 15 is 0 Å². The highest BCUT2D eigenvalue weighted by atomic mass is 79.9. The second-order valence-electron chi connectivity index (χ2n) is 4.99. The predicted molar refractivity (Wildman–Crippen MR) is 82.8 cm³/mol. The first-order valence-corrected chi connectivity index (χ1v) is 7.69. The molecule has 108 valence electrons. The molecule has 0 amide bonds. The monoisotopic (exact) mass is 337 g/mol. The van der Waals surface area contributed by atoms with Crippen LogP contribution in [-0.2, 0) is 6.42 Å². The number of halogens is 1. The van der Waals surface area contributed by atoms with Gasteiger partial charge in [0.05, 0.1) is 5.92 Å². The van der Waals surface area contributed by atoms with E-state index in [1.54, 1.807) is 0 Å². The van der Waals surface area contributed by atoms with Crippen LogP contribution in [0.4, 0.5) is 0 Å². The van der Waals surface area contributed by atoms with E-state index in [1.165, 1.54) is 5.56 Å². The maximum absolute atomic E-state index is 5.38. The molecule has 2 unspecified atom stereocenters. The second kappa shape index (κ2) is 6.99. The SMILES string of the molecule is CCNC(C)C(C)c1nc(Cc2cccc(Br)c2)no1. The van der Waals surface area contributed by atoms with E-state index in [0.29, 0.717) is 18.4 Å². The molecule has 4 nitrogen and oxygen atoms in total. The predicted octanol–water partition coefficient (Wildman–Crippen LogP) is 3.52. The van der Waals surface area contributed by atoms with Gasteiger partial charge in [-0.15, -0.1) is 0 Å². The highest BCUT2D eigenvalue weighted by molar-refractivity contribution is 9.10. The summed E-state index contributed by atoms with van der Waals surface area (Å²) in [5.74, 6) is 1.64. The fourth-order valence-corrected chi connectivity index (χ4v) is 2.51. The summed E-state index contributed by atoms with van der Waals surface area (Å²) in [5.41, 5.74) is 1.17. The molecule has 1 aromatic carbocycles. The quantitative estimate of drug-likeness (QED) is 0.876. The van der Waals surface area contributed by atoms with E-state index in [-0.39, 0.29) is 5.92 Å². The number of hydrogen-bond donors (Lipinski definition) is 1. The maximum Gasteiger partial charge on any atom is 0.231 e. The Hall–Kier alpha value is -1.20. The summed E-state index contributed by atoms with van der Waals surface area (Å²) in [6.07, 6.45) is 0.686. The van der Waals surface area contributed by atoms with Crippen molar-refractivity contribution in [2.45, 2.75) is 39.2 Å². The Morgan fingerprint density at radius 2 is 2.15 bits per heavy atom. The van der Waals surface area contributed by atoms with E-state index in [1.807, 2.05) is 12.1 Å². The number of nitrogens with one attached hydrogen (secondary N) is 1. The van der Waals surface area contributed by atoms with Gasteiger partial charge >= 0.3 is 0 Å². The van der Waals surface area contributed by atoms with Gasteiger partial charge in [-0.25, -0.2) is 0 Å². The molecule has 2 atom stereocenters. The summed E-state index contributed by atoms with van der Waals surface area (Å²) >= 11 is 3.47. The van der Waals surface area contributed by atoms with Gasteiger partial charge < -0.3 is 9.84 Å². The van der Waals surface area contributed by atoms with Gasteiger partial charge in [-0.1, -0.05) is 47.1 Å². The molecule has 0 aliphatic heterocycles. The first-order chi connectivity index (χ1) is 9.60. The molecule has 20 heavy (non-hydrogen) atoms. The summed E-state index contributed by atoms with van der Waals surface area (Å²) < 4.78 is 6.45. The van der Waals surface area contributed by atoms with Crippen LogP contribution in [-0.4, -0.2) is 22.7 Å². The molecular formula is C15H20BrN3O. The van der Waals surface area contributed by atoms with Crippen molar-refractivity contribution in [1.29, 1.82) is 0 Å². The molecule has 0 aliphatic rings. The van der Waals surface area contributed by atoms with Crippen molar-refractivity contribution < 1.29 is 4.52 Å². The Morgan fingerprint density at radius 3 is 2.85 bits per heavy atom. The molecule has 0 aliphatic carbocycles. The average molecular weight is 338 g/mol. The number of likely N-dealkylation sites (N-methyl/N-ethyl adjacent to an activating group) is 1. The number of hydrogen-bond acceptors (Lipinski definition) is 4. The van der Waals surface area contributed by atoms with E-state index in [4.69, 9.17) is 4.52 Å². The normalized spacial score (nSPS) is 14.2. The third kappa shape index (κ3) is 3.90. The van der Waals surface area contributed by atoms with Crippen LogP contribution in [0, 0.1) is 0 Å². The summed E-state index contributed by atoms with van der Waals surface area (Å²) in [4.78, 5) is 4.51. The van der Waals surface area contributed by atoms with Crippen molar-refractivity contribution in [3.8, 4) is 0 Å². The van der Waals surface area contributed by atoms with Crippen molar-refractivity contribution in [2.24, 2.45) is 0 Å². The number of rotatable bonds is 6. The number of aromatic nitrogens is 2. The minimum atomic E-state index is 0.207. The van der Waals surface area contributed by atoms with Gasteiger partial charge in [-0.05, 0) is 31.2 Å². The molecule has 0 saturated carbocycles. The Kier molecular flexibility index (Phi) is 5.31. The van der Waals surface area contributed by atoms with Crippen molar-refractivity contribution >= 4 is 15.9 Å². The summed E-state index contributed by atoms with van der Waals surface area (Å²) in [6.45, 7) is 7.26. The number of benzene rings is 1. The fraction of sp³-hybridized carbons (Fsp3) is 0.467. The largest absolute Gasteiger partial charge is 0.339 e. The Morgan fingerprint density at radius 1 is 1.35 bits per heavy atom. The van der Waals surface area contributed by atoms with Crippen LogP contribution in [0.25, 0.3) is 0 Å². The Bertz CT molecular complexity index is 556. The molecule has 0 fully saturated rings. The van der Waals surface area contributed by atoms with Gasteiger partial charge in [-0.3, -0.25) is 0 Å². The molecule has 1 heterocycles. The van der Waals surface area contributed by atoms with Crippen molar-refractivity contribution in [3.63, 3.8) is 0 Å². The van der Waals surface area contributed by atoms with Gasteiger partial charge in [0.25, 0.3) is 0 Å². The molecule has 2 aromatic rings. The van der Waals surface area contributed by atoms with Crippen molar-refractivity contribution in [3.05, 3.63) is 46.0 Å². The van der Waals surface area contributed by atoms with Gasteiger partial charge in [0.1, 0.15) is 0 Å². The molecule has 0 spiro atoms. The zero-order valence-electron chi connectivity index (χ0n) is 12.1. The van der Waals surface area contributed by atoms with Crippen molar-refractivity contribution in [2.75, 3.05) is 6.54 Å². The van der Waals surface area contributed by atoms with E-state index < -0.39 is 0 Å². The molecule has 0 saturated heterocycles. The standard InChI is InChI=1S/C15H20BrN3O/c1-4-17-11(3)10(2)15-18-14(19-20-15)9-12-6-5-7-13(16)8-12/h5-8,10-11,17H,4,9H2,1-3H3. The van der Waals surface area contributed by atoms with Gasteiger partial charge in [0.15, 0.2) is 5.82 Å². The number of nitrogens with zero attached hydrogens (tertiary/aromatic N) is 2. The molecule has 0 radical (unpaired) electrons. The Balaban J connectivity index is 2.05. The molecule has 1 N–H and O–H groups in total. The van der Waals surface area contributed by atoms with Crippen LogP contribution >= 0.6 is 15.9 Å². The molecule has 1 aromatic heterocycles. The first kappa shape index (κ1) is 15.2. The third-order valence-electron chi connectivity index (χ3n) is 3.40. The van der Waals surface area contributed by atoms with Gasteiger partial charge in [0, 0.05) is 16.9 Å². The Labute approximate surface area is 128 Å². The maximum atomic E-state index is 5.38. The lowest BCUT2D eigenvalue weighted by Gasteiger charge is -2.16. The summed E-state index contributed by atoms with van der Waals surface area (Å²) in [5, 5.41) is 7.45. The minimum absolute atomic E-state index is 0.207. The third-order valence-corrected chi connectivity index (χ3v) is 3.89. The van der Waals surface area contributed by atoms with E-state index in [2.05, 4.69) is 64.3 Å². The lowest BCUT2D eigenvalue weighted by molar-refractivity contribution is 0.330. The van der Waals surface area contributed by atoms with E-state index in [0.717, 1.165) is 16.8 Å². The molecular weight excluding hydrogens is 318 g/mol. The smallest absolute Gasteiger partial charge is 0.231 e. The van der Waals surface area contributed by atoms with Crippen LogP contribution < -0.4 is 5.32 Å². The zero-order chi connectivity index (χ0) is 14.5. The highest BCUT2D eigenvalue weighted by Gasteiger charge is 2.20. The molecule has 0 bridgehead atoms. The molecule has 2 rings (SSSR count). The van der Waals surface area contributed by atoms with Crippen LogP contribution in [0.2, 0.25) is 0 Å². The highest BCUT2D eigenvalue weighted by Crippen LogP contribution is 2.19. The van der Waals surface area contributed by atoms with Gasteiger partial charge in [-0.2, -0.15) is 4.98 Å². The van der Waals surface area contributed by atoms with Gasteiger partial charge in [0.2, 0.25) is 5.89 Å². The lowest BCUT2D eigenvalue weighted by Crippen LogP contribution is -2.30. The van der Waals surface area contributed by atoms with Crippen LogP contribution in [0.15, 0.2) is 33.3 Å². The summed E-state index contributed by atoms with van der Waals surface area (Å²) in [7, 11) is 0. The second-order valence-corrected chi connectivity index (χ2v) is 5.91. The van der Waals surface area contributed by atoms with Crippen LogP contribution in [0.3, 0.4) is 0 Å². The molecule has 5 heteroatoms. The van der Waals surface area contributed by atoms with Crippen LogP contribution in [0.5, 0.6) is 0 Å². The summed E-state index contributed by atoms with van der Waals surface area (Å²) in [6, 6.07) is 8.47. The topological polar surface area (TPSA) is 51.0 Å². The van der Waals surface area contributed by atoms with Crippen LogP contribution in [0.1, 0.15) is 44.0 Å².